The number of rotatable bonds is 5. The Hall–Kier alpha value is -1.69. The summed E-state index contributed by atoms with van der Waals surface area (Å²) in [5, 5.41) is 4.73. The Labute approximate surface area is 117 Å². The van der Waals surface area contributed by atoms with Gasteiger partial charge in [0.25, 0.3) is 0 Å². The van der Waals surface area contributed by atoms with Gasteiger partial charge in [0.2, 0.25) is 0 Å². The average Bonchev–Trinajstić information content (AvgIpc) is 2.43. The molecule has 100 valence electrons. The zero-order valence-corrected chi connectivity index (χ0v) is 12.2. The van der Waals surface area contributed by atoms with Crippen molar-refractivity contribution in [2.24, 2.45) is 0 Å². The fourth-order valence-electron chi connectivity index (χ4n) is 1.64. The Balaban J connectivity index is 2.35. The van der Waals surface area contributed by atoms with Crippen molar-refractivity contribution in [2.75, 3.05) is 12.4 Å². The summed E-state index contributed by atoms with van der Waals surface area (Å²) < 4.78 is 0. The van der Waals surface area contributed by atoms with E-state index in [1.54, 1.807) is 18.5 Å². The Morgan fingerprint density at radius 2 is 1.95 bits per heavy atom. The van der Waals surface area contributed by atoms with E-state index < -0.39 is 0 Å². The Kier molecular flexibility index (Phi) is 4.68. The molecule has 0 radical (unpaired) electrons. The molecular formula is C13H17N5S. The minimum absolute atomic E-state index is 0.703. The quantitative estimate of drug-likeness (QED) is 0.668. The molecule has 0 aliphatic carbocycles. The molecule has 1 N–H and O–H groups in total. The highest BCUT2D eigenvalue weighted by molar-refractivity contribution is 7.99. The maximum Gasteiger partial charge on any atom is 0.193 e. The molecule has 0 amide bonds. The van der Waals surface area contributed by atoms with Crippen LogP contribution in [0, 0.1) is 6.92 Å². The van der Waals surface area contributed by atoms with Crippen LogP contribution in [0.1, 0.15) is 24.7 Å². The second-order valence-corrected chi connectivity index (χ2v) is 5.01. The van der Waals surface area contributed by atoms with Gasteiger partial charge in [0.1, 0.15) is 16.7 Å². The summed E-state index contributed by atoms with van der Waals surface area (Å²) in [5.74, 6) is 1.73. The molecule has 0 saturated heterocycles. The van der Waals surface area contributed by atoms with Crippen molar-refractivity contribution in [3.8, 4) is 0 Å². The van der Waals surface area contributed by atoms with Crippen molar-refractivity contribution in [3.05, 3.63) is 29.8 Å². The van der Waals surface area contributed by atoms with E-state index in [2.05, 4.69) is 32.2 Å². The summed E-state index contributed by atoms with van der Waals surface area (Å²) in [6.45, 7) is 4.13. The summed E-state index contributed by atoms with van der Waals surface area (Å²) in [6.07, 6.45) is 5.37. The molecular weight excluding hydrogens is 258 g/mol. The normalized spacial score (nSPS) is 10.5. The van der Waals surface area contributed by atoms with Crippen LogP contribution in [0.25, 0.3) is 0 Å². The van der Waals surface area contributed by atoms with Gasteiger partial charge in [0.05, 0.1) is 0 Å². The van der Waals surface area contributed by atoms with E-state index in [1.807, 2.05) is 14.0 Å². The van der Waals surface area contributed by atoms with Crippen LogP contribution in [-0.2, 0) is 6.42 Å². The van der Waals surface area contributed by atoms with Crippen LogP contribution in [0.2, 0.25) is 0 Å². The summed E-state index contributed by atoms with van der Waals surface area (Å²) in [4.78, 5) is 17.5. The molecule has 19 heavy (non-hydrogen) atoms. The lowest BCUT2D eigenvalue weighted by molar-refractivity contribution is 0.802. The summed E-state index contributed by atoms with van der Waals surface area (Å²) in [6, 6.07) is 1.80. The number of aromatic nitrogens is 4. The SMILES string of the molecule is CCCc1nc(NC)c(C)c(Sc2ncccn2)n1. The topological polar surface area (TPSA) is 63.6 Å². The lowest BCUT2D eigenvalue weighted by Crippen LogP contribution is -2.05. The third kappa shape index (κ3) is 3.41. The molecule has 2 heterocycles. The second kappa shape index (κ2) is 6.47. The maximum absolute atomic E-state index is 4.60. The zero-order valence-electron chi connectivity index (χ0n) is 11.3. The minimum atomic E-state index is 0.703. The molecule has 0 atom stereocenters. The zero-order chi connectivity index (χ0) is 13.7. The van der Waals surface area contributed by atoms with Gasteiger partial charge in [-0.05, 0) is 31.2 Å². The van der Waals surface area contributed by atoms with Gasteiger partial charge in [-0.2, -0.15) is 0 Å². The molecule has 2 rings (SSSR count). The van der Waals surface area contributed by atoms with Crippen molar-refractivity contribution in [2.45, 2.75) is 36.9 Å². The molecule has 0 aromatic carbocycles. The summed E-state index contributed by atoms with van der Waals surface area (Å²) >= 11 is 1.47. The molecule has 0 spiro atoms. The van der Waals surface area contributed by atoms with Gasteiger partial charge in [0.15, 0.2) is 5.16 Å². The molecule has 0 bridgehead atoms. The van der Waals surface area contributed by atoms with Crippen LogP contribution in [-0.4, -0.2) is 27.0 Å². The predicted octanol–water partition coefficient (Wildman–Crippen LogP) is 2.72. The number of anilines is 1. The highest BCUT2D eigenvalue weighted by Gasteiger charge is 2.12. The fraction of sp³-hybridized carbons (Fsp3) is 0.385. The first-order chi connectivity index (χ1) is 9.24. The average molecular weight is 275 g/mol. The predicted molar refractivity (Wildman–Crippen MR) is 76.5 cm³/mol. The van der Waals surface area contributed by atoms with Crippen molar-refractivity contribution in [1.29, 1.82) is 0 Å². The van der Waals surface area contributed by atoms with Crippen molar-refractivity contribution in [1.82, 2.24) is 19.9 Å². The number of nitrogens with one attached hydrogen (secondary N) is 1. The van der Waals surface area contributed by atoms with Gasteiger partial charge >= 0.3 is 0 Å². The molecule has 2 aromatic rings. The van der Waals surface area contributed by atoms with E-state index in [9.17, 15) is 0 Å². The highest BCUT2D eigenvalue weighted by Crippen LogP contribution is 2.28. The van der Waals surface area contributed by atoms with Crippen LogP contribution < -0.4 is 5.32 Å². The van der Waals surface area contributed by atoms with E-state index in [1.165, 1.54) is 11.8 Å². The summed E-state index contributed by atoms with van der Waals surface area (Å²) in [5.41, 5.74) is 1.03. The van der Waals surface area contributed by atoms with Crippen molar-refractivity contribution >= 4 is 17.6 Å². The molecule has 0 aliphatic heterocycles. The van der Waals surface area contributed by atoms with Crippen molar-refractivity contribution < 1.29 is 0 Å². The van der Waals surface area contributed by atoms with Crippen LogP contribution >= 0.6 is 11.8 Å². The molecule has 6 heteroatoms. The molecule has 0 aliphatic rings. The standard InChI is InChI=1S/C13H17N5S/c1-4-6-10-17-11(14-3)9(2)12(18-10)19-13-15-7-5-8-16-13/h5,7-8H,4,6H2,1-3H3,(H,14,17,18). The van der Waals surface area contributed by atoms with Gasteiger partial charge in [0, 0.05) is 31.4 Å². The van der Waals surface area contributed by atoms with Gasteiger partial charge in [-0.1, -0.05) is 6.92 Å². The Morgan fingerprint density at radius 3 is 2.58 bits per heavy atom. The van der Waals surface area contributed by atoms with Crippen molar-refractivity contribution in [3.63, 3.8) is 0 Å². The molecule has 0 fully saturated rings. The molecule has 0 unspecified atom stereocenters. The first-order valence-electron chi connectivity index (χ1n) is 6.24. The first kappa shape index (κ1) is 13.7. The monoisotopic (exact) mass is 275 g/mol. The van der Waals surface area contributed by atoms with Crippen LogP contribution in [0.3, 0.4) is 0 Å². The highest BCUT2D eigenvalue weighted by atomic mass is 32.2. The van der Waals surface area contributed by atoms with E-state index in [0.717, 1.165) is 35.1 Å². The molecule has 2 aromatic heterocycles. The molecule has 5 nitrogen and oxygen atoms in total. The lowest BCUT2D eigenvalue weighted by atomic mass is 10.3. The van der Waals surface area contributed by atoms with E-state index >= 15 is 0 Å². The van der Waals surface area contributed by atoms with Crippen LogP contribution in [0.4, 0.5) is 5.82 Å². The van der Waals surface area contributed by atoms with Gasteiger partial charge in [-0.25, -0.2) is 19.9 Å². The van der Waals surface area contributed by atoms with E-state index in [-0.39, 0.29) is 0 Å². The first-order valence-corrected chi connectivity index (χ1v) is 7.06. The number of nitrogens with zero attached hydrogens (tertiary/aromatic N) is 4. The maximum atomic E-state index is 4.60. The molecule has 0 saturated carbocycles. The Morgan fingerprint density at radius 1 is 1.21 bits per heavy atom. The largest absolute Gasteiger partial charge is 0.373 e. The lowest BCUT2D eigenvalue weighted by Gasteiger charge is -2.10. The van der Waals surface area contributed by atoms with E-state index in [0.29, 0.717) is 5.16 Å². The smallest absolute Gasteiger partial charge is 0.193 e. The number of hydrogen-bond acceptors (Lipinski definition) is 6. The number of aryl methyl sites for hydroxylation is 1. The van der Waals surface area contributed by atoms with Gasteiger partial charge in [-0.3, -0.25) is 0 Å². The summed E-state index contributed by atoms with van der Waals surface area (Å²) in [7, 11) is 1.87. The third-order valence-corrected chi connectivity index (χ3v) is 3.57. The van der Waals surface area contributed by atoms with Crippen LogP contribution in [0.5, 0.6) is 0 Å². The second-order valence-electron chi connectivity index (χ2n) is 4.05. The number of hydrogen-bond donors (Lipinski definition) is 1. The van der Waals surface area contributed by atoms with Gasteiger partial charge < -0.3 is 5.32 Å². The minimum Gasteiger partial charge on any atom is -0.373 e. The third-order valence-electron chi connectivity index (χ3n) is 2.59. The fourth-order valence-corrected chi connectivity index (χ4v) is 2.44. The van der Waals surface area contributed by atoms with Crippen LogP contribution in [0.15, 0.2) is 28.6 Å². The Bertz CT molecular complexity index is 544. The van der Waals surface area contributed by atoms with E-state index in [4.69, 9.17) is 0 Å². The van der Waals surface area contributed by atoms with Gasteiger partial charge in [-0.15, -0.1) is 0 Å².